The normalized spacial score (nSPS) is 10.2. The summed E-state index contributed by atoms with van der Waals surface area (Å²) in [5, 5.41) is 2.72. The van der Waals surface area contributed by atoms with Gasteiger partial charge in [0.05, 0.1) is 18.5 Å². The molecule has 26 heavy (non-hydrogen) atoms. The summed E-state index contributed by atoms with van der Waals surface area (Å²) in [6.07, 6.45) is -0.641. The van der Waals surface area contributed by atoms with Gasteiger partial charge in [-0.25, -0.2) is 4.79 Å². The number of carbonyl (C=O) groups excluding carboxylic acids is 1. The van der Waals surface area contributed by atoms with Gasteiger partial charge in [-0.2, -0.15) is 0 Å². The first-order valence-corrected chi connectivity index (χ1v) is 7.94. The summed E-state index contributed by atoms with van der Waals surface area (Å²) >= 11 is 0. The molecule has 0 radical (unpaired) electrons. The number of methoxy groups -OCH3 is 1. The zero-order valence-electron chi connectivity index (χ0n) is 14.2. The summed E-state index contributed by atoms with van der Waals surface area (Å²) in [6.45, 7) is 0. The number of rotatable bonds is 4. The molecule has 3 aromatic carbocycles. The molecule has 0 bridgehead atoms. The maximum atomic E-state index is 12.3. The van der Waals surface area contributed by atoms with Crippen LogP contribution in [-0.2, 0) is 0 Å². The molecule has 0 spiro atoms. The monoisotopic (exact) mass is 349 g/mol. The van der Waals surface area contributed by atoms with Crippen molar-refractivity contribution < 1.29 is 14.3 Å². The smallest absolute Gasteiger partial charge is 0.417 e. The highest BCUT2D eigenvalue weighted by Crippen LogP contribution is 2.33. The molecule has 0 heterocycles. The van der Waals surface area contributed by atoms with E-state index in [1.54, 1.807) is 43.5 Å². The zero-order valence-corrected chi connectivity index (χ0v) is 14.2. The van der Waals surface area contributed by atoms with Gasteiger partial charge in [-0.1, -0.05) is 24.3 Å². The van der Waals surface area contributed by atoms with Crippen molar-refractivity contribution in [2.75, 3.05) is 23.9 Å². The molecule has 0 aromatic heterocycles. The molecule has 0 atom stereocenters. The Hall–Kier alpha value is -3.67. The Labute approximate surface area is 151 Å². The number of nitrogens with two attached hydrogens (primary N) is 2. The van der Waals surface area contributed by atoms with E-state index in [9.17, 15) is 4.79 Å². The van der Waals surface area contributed by atoms with E-state index in [1.165, 1.54) is 0 Å². The fraction of sp³-hybridized carbons (Fsp3) is 0.0500. The van der Waals surface area contributed by atoms with Gasteiger partial charge in [0.2, 0.25) is 0 Å². The van der Waals surface area contributed by atoms with Crippen LogP contribution < -0.4 is 26.3 Å². The van der Waals surface area contributed by atoms with Crippen LogP contribution in [0, 0.1) is 0 Å². The molecule has 3 aromatic rings. The molecule has 132 valence electrons. The van der Waals surface area contributed by atoms with Crippen molar-refractivity contribution >= 4 is 23.2 Å². The van der Waals surface area contributed by atoms with Crippen molar-refractivity contribution in [3.63, 3.8) is 0 Å². The van der Waals surface area contributed by atoms with Crippen LogP contribution in [0.4, 0.5) is 21.9 Å². The molecule has 0 saturated carbocycles. The van der Waals surface area contributed by atoms with Gasteiger partial charge in [-0.05, 0) is 48.0 Å². The molecule has 5 N–H and O–H groups in total. The second-order valence-corrected chi connectivity index (χ2v) is 5.59. The Morgan fingerprint density at radius 1 is 0.923 bits per heavy atom. The van der Waals surface area contributed by atoms with Crippen LogP contribution in [0.2, 0.25) is 0 Å². The molecule has 3 rings (SSSR count). The van der Waals surface area contributed by atoms with Crippen LogP contribution in [0.5, 0.6) is 11.5 Å². The van der Waals surface area contributed by atoms with E-state index in [0.717, 1.165) is 11.1 Å². The third-order valence-electron chi connectivity index (χ3n) is 3.79. The SMILES string of the molecule is COc1ccc(OC(=O)Nc2c(N)cccc2-c2cccc(N)c2)cc1. The maximum absolute atomic E-state index is 12.3. The molecule has 0 aliphatic heterocycles. The number of benzene rings is 3. The molecular formula is C20H19N3O3. The Morgan fingerprint density at radius 3 is 2.31 bits per heavy atom. The van der Waals surface area contributed by atoms with E-state index in [1.807, 2.05) is 30.3 Å². The second-order valence-electron chi connectivity index (χ2n) is 5.59. The first-order chi connectivity index (χ1) is 12.6. The third-order valence-corrected chi connectivity index (χ3v) is 3.79. The minimum Gasteiger partial charge on any atom is -0.497 e. The average Bonchev–Trinajstić information content (AvgIpc) is 2.64. The maximum Gasteiger partial charge on any atom is 0.417 e. The van der Waals surface area contributed by atoms with Crippen LogP contribution in [0.1, 0.15) is 0 Å². The lowest BCUT2D eigenvalue weighted by molar-refractivity contribution is 0.215. The van der Waals surface area contributed by atoms with Crippen molar-refractivity contribution in [1.82, 2.24) is 0 Å². The van der Waals surface area contributed by atoms with Crippen LogP contribution >= 0.6 is 0 Å². The van der Waals surface area contributed by atoms with Crippen molar-refractivity contribution in [3.05, 3.63) is 66.7 Å². The van der Waals surface area contributed by atoms with Crippen molar-refractivity contribution in [2.24, 2.45) is 0 Å². The van der Waals surface area contributed by atoms with Crippen molar-refractivity contribution in [2.45, 2.75) is 0 Å². The summed E-state index contributed by atoms with van der Waals surface area (Å²) < 4.78 is 10.4. The van der Waals surface area contributed by atoms with E-state index < -0.39 is 6.09 Å². The Bertz CT molecular complexity index is 924. The van der Waals surface area contributed by atoms with E-state index in [2.05, 4.69) is 5.32 Å². The third kappa shape index (κ3) is 3.87. The lowest BCUT2D eigenvalue weighted by Crippen LogP contribution is -2.18. The largest absolute Gasteiger partial charge is 0.497 e. The van der Waals surface area contributed by atoms with Gasteiger partial charge >= 0.3 is 6.09 Å². The first kappa shape index (κ1) is 17.2. The molecule has 6 nitrogen and oxygen atoms in total. The van der Waals surface area contributed by atoms with Gasteiger partial charge in [0.25, 0.3) is 0 Å². The van der Waals surface area contributed by atoms with E-state index >= 15 is 0 Å². The molecule has 6 heteroatoms. The number of para-hydroxylation sites is 1. The van der Waals surface area contributed by atoms with Crippen LogP contribution in [0.15, 0.2) is 66.7 Å². The highest BCUT2D eigenvalue weighted by molar-refractivity contribution is 5.97. The number of hydrogen-bond donors (Lipinski definition) is 3. The molecule has 0 saturated heterocycles. The van der Waals surface area contributed by atoms with Crippen LogP contribution in [-0.4, -0.2) is 13.2 Å². The minimum absolute atomic E-state index is 0.392. The van der Waals surface area contributed by atoms with Gasteiger partial charge in [0, 0.05) is 11.3 Å². The van der Waals surface area contributed by atoms with Crippen LogP contribution in [0.25, 0.3) is 11.1 Å². The zero-order chi connectivity index (χ0) is 18.5. The number of ether oxygens (including phenoxy) is 2. The Kier molecular flexibility index (Phi) is 4.94. The van der Waals surface area contributed by atoms with Gasteiger partial charge in [-0.15, -0.1) is 0 Å². The number of anilines is 3. The van der Waals surface area contributed by atoms with Crippen molar-refractivity contribution in [3.8, 4) is 22.6 Å². The fourth-order valence-electron chi connectivity index (χ4n) is 2.53. The number of amides is 1. The molecule has 0 aliphatic carbocycles. The highest BCUT2D eigenvalue weighted by atomic mass is 16.6. The number of carbonyl (C=O) groups is 1. The van der Waals surface area contributed by atoms with Gasteiger partial charge < -0.3 is 20.9 Å². The van der Waals surface area contributed by atoms with Gasteiger partial charge in [-0.3, -0.25) is 5.32 Å². The predicted molar refractivity (Wildman–Crippen MR) is 103 cm³/mol. The quantitative estimate of drug-likeness (QED) is 0.615. The highest BCUT2D eigenvalue weighted by Gasteiger charge is 2.13. The summed E-state index contributed by atoms with van der Waals surface area (Å²) in [7, 11) is 1.57. The molecule has 0 unspecified atom stereocenters. The minimum atomic E-state index is -0.641. The fourth-order valence-corrected chi connectivity index (χ4v) is 2.53. The Balaban J connectivity index is 1.83. The number of nitrogens with one attached hydrogen (secondary N) is 1. The van der Waals surface area contributed by atoms with Gasteiger partial charge in [0.1, 0.15) is 11.5 Å². The lowest BCUT2D eigenvalue weighted by atomic mass is 10.0. The Morgan fingerprint density at radius 2 is 1.62 bits per heavy atom. The summed E-state index contributed by atoms with van der Waals surface area (Å²) in [4.78, 5) is 12.3. The lowest BCUT2D eigenvalue weighted by Gasteiger charge is -2.14. The number of hydrogen-bond acceptors (Lipinski definition) is 5. The molecule has 1 amide bonds. The first-order valence-electron chi connectivity index (χ1n) is 7.94. The molecule has 0 fully saturated rings. The van der Waals surface area contributed by atoms with E-state index in [0.29, 0.717) is 28.6 Å². The van der Waals surface area contributed by atoms with Crippen LogP contribution in [0.3, 0.4) is 0 Å². The number of nitrogen functional groups attached to an aromatic ring is 2. The predicted octanol–water partition coefficient (Wildman–Crippen LogP) is 4.14. The average molecular weight is 349 g/mol. The molecular weight excluding hydrogens is 330 g/mol. The standard InChI is InChI=1S/C20H19N3O3/c1-25-15-8-10-16(11-9-15)26-20(24)23-19-17(6-3-7-18(19)22)13-4-2-5-14(21)12-13/h2-12H,21-22H2,1H3,(H,23,24). The van der Waals surface area contributed by atoms with E-state index in [4.69, 9.17) is 20.9 Å². The summed E-state index contributed by atoms with van der Waals surface area (Å²) in [5.41, 5.74) is 15.0. The van der Waals surface area contributed by atoms with E-state index in [-0.39, 0.29) is 0 Å². The van der Waals surface area contributed by atoms with Gasteiger partial charge in [0.15, 0.2) is 0 Å². The van der Waals surface area contributed by atoms with Crippen molar-refractivity contribution in [1.29, 1.82) is 0 Å². The molecule has 0 aliphatic rings. The summed E-state index contributed by atoms with van der Waals surface area (Å²) in [6, 6.07) is 19.4. The summed E-state index contributed by atoms with van der Waals surface area (Å²) in [5.74, 6) is 1.07. The second kappa shape index (κ2) is 7.48. The topological polar surface area (TPSA) is 99.6 Å².